The summed E-state index contributed by atoms with van der Waals surface area (Å²) in [6.07, 6.45) is 2.18. The molecule has 0 saturated heterocycles. The van der Waals surface area contributed by atoms with Crippen LogP contribution in [0.4, 0.5) is 10.1 Å². The lowest BCUT2D eigenvalue weighted by molar-refractivity contribution is -0.114. The summed E-state index contributed by atoms with van der Waals surface area (Å²) in [5.41, 5.74) is 3.21. The average Bonchev–Trinajstić information content (AvgIpc) is 3.41. The molecule has 2 heterocycles. The SMILES string of the molecule is O=C1/C(=C\c2ccc(-c3ccccc3F)o2)C(Cc2ccccc2)=NN1c1ccccc1. The monoisotopic (exact) mass is 422 g/mol. The number of halogens is 1. The van der Waals surface area contributed by atoms with Crippen molar-refractivity contribution in [2.24, 2.45) is 5.10 Å². The van der Waals surface area contributed by atoms with Gasteiger partial charge in [0.05, 0.1) is 22.5 Å². The van der Waals surface area contributed by atoms with Gasteiger partial charge in [-0.2, -0.15) is 10.1 Å². The lowest BCUT2D eigenvalue weighted by atomic mass is 10.0. The van der Waals surface area contributed by atoms with Crippen molar-refractivity contribution in [2.45, 2.75) is 6.42 Å². The molecule has 0 radical (unpaired) electrons. The predicted molar refractivity (Wildman–Crippen MR) is 124 cm³/mol. The highest BCUT2D eigenvalue weighted by Gasteiger charge is 2.31. The van der Waals surface area contributed by atoms with Crippen LogP contribution in [0, 0.1) is 5.82 Å². The molecule has 0 spiro atoms. The van der Waals surface area contributed by atoms with Crippen LogP contribution in [0.2, 0.25) is 0 Å². The van der Waals surface area contributed by atoms with Gasteiger partial charge in [0.25, 0.3) is 5.91 Å². The number of benzene rings is 3. The lowest BCUT2D eigenvalue weighted by Gasteiger charge is -2.10. The third-order valence-electron chi connectivity index (χ3n) is 5.22. The summed E-state index contributed by atoms with van der Waals surface area (Å²) >= 11 is 0. The molecule has 0 unspecified atom stereocenters. The van der Waals surface area contributed by atoms with E-state index in [2.05, 4.69) is 5.10 Å². The largest absolute Gasteiger partial charge is 0.457 e. The Kier molecular flexibility index (Phi) is 5.22. The number of nitrogens with zero attached hydrogens (tertiary/aromatic N) is 2. The van der Waals surface area contributed by atoms with Gasteiger partial charge >= 0.3 is 0 Å². The number of hydrazone groups is 1. The lowest BCUT2D eigenvalue weighted by Crippen LogP contribution is -2.21. The van der Waals surface area contributed by atoms with Crippen LogP contribution in [0.5, 0.6) is 0 Å². The van der Waals surface area contributed by atoms with Crippen LogP contribution >= 0.6 is 0 Å². The molecule has 1 aliphatic rings. The maximum atomic E-state index is 14.1. The van der Waals surface area contributed by atoms with E-state index in [0.29, 0.717) is 40.5 Å². The van der Waals surface area contributed by atoms with Crippen LogP contribution in [0.15, 0.2) is 112 Å². The Bertz CT molecular complexity index is 1320. The molecule has 1 aromatic heterocycles. The maximum absolute atomic E-state index is 14.1. The molecule has 0 aliphatic carbocycles. The summed E-state index contributed by atoms with van der Waals surface area (Å²) in [6.45, 7) is 0. The van der Waals surface area contributed by atoms with Crippen LogP contribution in [-0.4, -0.2) is 11.6 Å². The summed E-state index contributed by atoms with van der Waals surface area (Å²) in [6, 6.07) is 29.0. The van der Waals surface area contributed by atoms with Crippen LogP contribution in [0.1, 0.15) is 11.3 Å². The van der Waals surface area contributed by atoms with Gasteiger partial charge in [-0.05, 0) is 48.0 Å². The topological polar surface area (TPSA) is 45.8 Å². The summed E-state index contributed by atoms with van der Waals surface area (Å²) < 4.78 is 20.0. The molecule has 5 heteroatoms. The number of carbonyl (C=O) groups is 1. The van der Waals surface area contributed by atoms with E-state index >= 15 is 0 Å². The Balaban J connectivity index is 1.52. The predicted octanol–water partition coefficient (Wildman–Crippen LogP) is 6.11. The molecule has 1 amide bonds. The molecule has 0 bridgehead atoms. The van der Waals surface area contributed by atoms with E-state index in [1.807, 2.05) is 60.7 Å². The van der Waals surface area contributed by atoms with E-state index in [0.717, 1.165) is 5.56 Å². The highest BCUT2D eigenvalue weighted by atomic mass is 19.1. The van der Waals surface area contributed by atoms with E-state index in [1.165, 1.54) is 11.1 Å². The highest BCUT2D eigenvalue weighted by molar-refractivity contribution is 6.33. The van der Waals surface area contributed by atoms with Crippen molar-refractivity contribution in [3.8, 4) is 11.3 Å². The standard InChI is InChI=1S/C27H19FN2O2/c28-24-14-8-7-13-22(24)26-16-15-21(32-26)18-23-25(17-19-9-3-1-4-10-19)29-30(27(23)31)20-11-5-2-6-12-20/h1-16,18H,17H2/b23-18-. The number of para-hydroxylation sites is 1. The molecule has 32 heavy (non-hydrogen) atoms. The molecule has 0 fully saturated rings. The first kappa shape index (κ1) is 19.7. The molecule has 156 valence electrons. The zero-order valence-corrected chi connectivity index (χ0v) is 17.1. The number of carbonyl (C=O) groups excluding carboxylic acids is 1. The fraction of sp³-hybridized carbons (Fsp3) is 0.0370. The van der Waals surface area contributed by atoms with Crippen molar-refractivity contribution < 1.29 is 13.6 Å². The summed E-state index contributed by atoms with van der Waals surface area (Å²) in [4.78, 5) is 13.3. The van der Waals surface area contributed by atoms with Gasteiger partial charge in [-0.1, -0.05) is 60.7 Å². The van der Waals surface area contributed by atoms with Crippen molar-refractivity contribution in [2.75, 3.05) is 5.01 Å². The number of hydrogen-bond donors (Lipinski definition) is 0. The van der Waals surface area contributed by atoms with Crippen molar-refractivity contribution in [3.05, 3.63) is 120 Å². The molecule has 0 N–H and O–H groups in total. The van der Waals surface area contributed by atoms with E-state index in [4.69, 9.17) is 4.42 Å². The number of amides is 1. The average molecular weight is 422 g/mol. The van der Waals surface area contributed by atoms with Gasteiger partial charge in [-0.15, -0.1) is 0 Å². The van der Waals surface area contributed by atoms with Crippen LogP contribution in [-0.2, 0) is 11.2 Å². The van der Waals surface area contributed by atoms with E-state index in [1.54, 1.807) is 36.4 Å². The second-order valence-corrected chi connectivity index (χ2v) is 7.40. The Morgan fingerprint density at radius 1 is 0.844 bits per heavy atom. The number of hydrogen-bond acceptors (Lipinski definition) is 3. The first-order valence-corrected chi connectivity index (χ1v) is 10.3. The second kappa shape index (κ2) is 8.47. The van der Waals surface area contributed by atoms with Crippen molar-refractivity contribution in [3.63, 3.8) is 0 Å². The number of furan rings is 1. The van der Waals surface area contributed by atoms with Gasteiger partial charge in [-0.3, -0.25) is 4.79 Å². The molecule has 4 nitrogen and oxygen atoms in total. The molecule has 1 aliphatic heterocycles. The second-order valence-electron chi connectivity index (χ2n) is 7.40. The van der Waals surface area contributed by atoms with Crippen LogP contribution in [0.3, 0.4) is 0 Å². The minimum absolute atomic E-state index is 0.231. The first-order chi connectivity index (χ1) is 15.7. The Labute approximate surface area is 184 Å². The van der Waals surface area contributed by atoms with E-state index in [-0.39, 0.29) is 11.7 Å². The zero-order chi connectivity index (χ0) is 21.9. The minimum Gasteiger partial charge on any atom is -0.457 e. The van der Waals surface area contributed by atoms with Gasteiger partial charge in [0.1, 0.15) is 17.3 Å². The highest BCUT2D eigenvalue weighted by Crippen LogP contribution is 2.29. The third-order valence-corrected chi connectivity index (χ3v) is 5.22. The van der Waals surface area contributed by atoms with Crippen LogP contribution in [0.25, 0.3) is 17.4 Å². The Hall–Kier alpha value is -4.25. The quantitative estimate of drug-likeness (QED) is 0.364. The smallest absolute Gasteiger partial charge is 0.280 e. The van der Waals surface area contributed by atoms with Gasteiger partial charge in [0, 0.05) is 6.42 Å². The van der Waals surface area contributed by atoms with Gasteiger partial charge < -0.3 is 4.42 Å². The maximum Gasteiger partial charge on any atom is 0.280 e. The third kappa shape index (κ3) is 3.88. The van der Waals surface area contributed by atoms with Crippen molar-refractivity contribution in [1.82, 2.24) is 0 Å². The molecular weight excluding hydrogens is 403 g/mol. The fourth-order valence-electron chi connectivity index (χ4n) is 3.64. The van der Waals surface area contributed by atoms with Crippen molar-refractivity contribution >= 4 is 23.4 Å². The summed E-state index contributed by atoms with van der Waals surface area (Å²) in [7, 11) is 0. The fourth-order valence-corrected chi connectivity index (χ4v) is 3.64. The number of anilines is 1. The number of rotatable bonds is 5. The van der Waals surface area contributed by atoms with E-state index < -0.39 is 0 Å². The molecule has 4 aromatic rings. The van der Waals surface area contributed by atoms with Gasteiger partial charge in [0.2, 0.25) is 0 Å². The normalized spacial score (nSPS) is 14.8. The Morgan fingerprint density at radius 2 is 1.53 bits per heavy atom. The molecular formula is C27H19FN2O2. The van der Waals surface area contributed by atoms with Gasteiger partial charge in [-0.25, -0.2) is 4.39 Å². The first-order valence-electron chi connectivity index (χ1n) is 10.3. The van der Waals surface area contributed by atoms with E-state index in [9.17, 15) is 9.18 Å². The molecule has 0 saturated carbocycles. The molecule has 3 aromatic carbocycles. The zero-order valence-electron chi connectivity index (χ0n) is 17.1. The molecule has 0 atom stereocenters. The van der Waals surface area contributed by atoms with Crippen LogP contribution < -0.4 is 5.01 Å². The van der Waals surface area contributed by atoms with Gasteiger partial charge in [0.15, 0.2) is 0 Å². The van der Waals surface area contributed by atoms with Crippen molar-refractivity contribution in [1.29, 1.82) is 0 Å². The minimum atomic E-state index is -0.362. The Morgan fingerprint density at radius 3 is 2.28 bits per heavy atom. The summed E-state index contributed by atoms with van der Waals surface area (Å²) in [5.74, 6) is 0.273. The summed E-state index contributed by atoms with van der Waals surface area (Å²) in [5, 5.41) is 6.03. The molecule has 5 rings (SSSR count).